The SMILES string of the molecule is CCOC(=O)Cc1cc(C#N)cc(CC)c1CC. The van der Waals surface area contributed by atoms with E-state index in [1.807, 2.05) is 6.07 Å². The summed E-state index contributed by atoms with van der Waals surface area (Å²) in [6.07, 6.45) is 1.98. The molecule has 0 aromatic heterocycles. The molecule has 0 saturated heterocycles. The Kier molecular flexibility index (Phi) is 5.38. The molecule has 96 valence electrons. The van der Waals surface area contributed by atoms with Gasteiger partial charge >= 0.3 is 5.97 Å². The first kappa shape index (κ1) is 14.2. The fourth-order valence-electron chi connectivity index (χ4n) is 2.16. The van der Waals surface area contributed by atoms with Crippen molar-refractivity contribution in [2.75, 3.05) is 6.61 Å². The maximum atomic E-state index is 11.6. The Balaban J connectivity index is 3.15. The molecule has 1 aromatic carbocycles. The van der Waals surface area contributed by atoms with Crippen molar-refractivity contribution < 1.29 is 9.53 Å². The molecule has 0 bridgehead atoms. The van der Waals surface area contributed by atoms with Crippen LogP contribution in [0.25, 0.3) is 0 Å². The highest BCUT2D eigenvalue weighted by molar-refractivity contribution is 5.73. The summed E-state index contributed by atoms with van der Waals surface area (Å²) >= 11 is 0. The van der Waals surface area contributed by atoms with E-state index in [2.05, 4.69) is 19.9 Å². The smallest absolute Gasteiger partial charge is 0.310 e. The number of carbonyl (C=O) groups excluding carboxylic acids is 1. The van der Waals surface area contributed by atoms with Gasteiger partial charge in [0.25, 0.3) is 0 Å². The molecule has 1 aromatic rings. The Morgan fingerprint density at radius 1 is 1.22 bits per heavy atom. The van der Waals surface area contributed by atoms with Crippen LogP contribution in [0.5, 0.6) is 0 Å². The van der Waals surface area contributed by atoms with E-state index in [1.54, 1.807) is 13.0 Å². The van der Waals surface area contributed by atoms with Gasteiger partial charge in [0, 0.05) is 0 Å². The van der Waals surface area contributed by atoms with Gasteiger partial charge in [-0.05, 0) is 48.6 Å². The van der Waals surface area contributed by atoms with Crippen LogP contribution in [0.15, 0.2) is 12.1 Å². The molecule has 0 aliphatic rings. The van der Waals surface area contributed by atoms with Crippen LogP contribution in [0.2, 0.25) is 0 Å². The Hall–Kier alpha value is -1.82. The number of nitrogens with zero attached hydrogens (tertiary/aromatic N) is 1. The average molecular weight is 245 g/mol. The highest BCUT2D eigenvalue weighted by Crippen LogP contribution is 2.20. The molecule has 0 saturated carbocycles. The second-order valence-corrected chi connectivity index (χ2v) is 4.07. The molecule has 0 aliphatic heterocycles. The van der Waals surface area contributed by atoms with Crippen LogP contribution in [-0.2, 0) is 28.8 Å². The number of nitriles is 1. The maximum absolute atomic E-state index is 11.6. The van der Waals surface area contributed by atoms with Crippen LogP contribution in [0.4, 0.5) is 0 Å². The van der Waals surface area contributed by atoms with Crippen LogP contribution < -0.4 is 0 Å². The van der Waals surface area contributed by atoms with E-state index in [0.29, 0.717) is 12.2 Å². The summed E-state index contributed by atoms with van der Waals surface area (Å²) in [5.74, 6) is -0.232. The van der Waals surface area contributed by atoms with Crippen molar-refractivity contribution in [1.29, 1.82) is 5.26 Å². The lowest BCUT2D eigenvalue weighted by Gasteiger charge is -2.13. The standard InChI is InChI=1S/C15H19NO2/c1-4-12-7-11(10-16)8-13(14(12)5-2)9-15(17)18-6-3/h7-8H,4-6,9H2,1-3H3. The summed E-state index contributed by atoms with van der Waals surface area (Å²) in [5, 5.41) is 9.02. The van der Waals surface area contributed by atoms with Crippen molar-refractivity contribution in [2.45, 2.75) is 40.0 Å². The van der Waals surface area contributed by atoms with Crippen molar-refractivity contribution in [1.82, 2.24) is 0 Å². The monoisotopic (exact) mass is 245 g/mol. The summed E-state index contributed by atoms with van der Waals surface area (Å²) in [5.41, 5.74) is 3.86. The minimum absolute atomic E-state index is 0.232. The van der Waals surface area contributed by atoms with Crippen LogP contribution in [0, 0.1) is 11.3 Å². The van der Waals surface area contributed by atoms with Crippen molar-refractivity contribution in [3.63, 3.8) is 0 Å². The minimum atomic E-state index is -0.232. The van der Waals surface area contributed by atoms with Gasteiger partial charge in [0.15, 0.2) is 0 Å². The average Bonchev–Trinajstić information content (AvgIpc) is 2.37. The number of carbonyl (C=O) groups is 1. The van der Waals surface area contributed by atoms with Crippen molar-refractivity contribution in [3.05, 3.63) is 34.4 Å². The summed E-state index contributed by atoms with van der Waals surface area (Å²) in [4.78, 5) is 11.6. The van der Waals surface area contributed by atoms with E-state index in [4.69, 9.17) is 10.00 Å². The lowest BCUT2D eigenvalue weighted by Crippen LogP contribution is -2.10. The number of hydrogen-bond donors (Lipinski definition) is 0. The largest absolute Gasteiger partial charge is 0.466 e. The second-order valence-electron chi connectivity index (χ2n) is 4.07. The molecule has 1 rings (SSSR count). The number of rotatable bonds is 5. The van der Waals surface area contributed by atoms with Crippen LogP contribution in [-0.4, -0.2) is 12.6 Å². The van der Waals surface area contributed by atoms with Gasteiger partial charge in [-0.25, -0.2) is 0 Å². The van der Waals surface area contributed by atoms with E-state index in [9.17, 15) is 4.79 Å². The Bertz CT molecular complexity index is 472. The predicted octanol–water partition coefficient (Wildman–Crippen LogP) is 2.79. The quantitative estimate of drug-likeness (QED) is 0.749. The highest BCUT2D eigenvalue weighted by Gasteiger charge is 2.12. The first-order valence-corrected chi connectivity index (χ1v) is 6.36. The van der Waals surface area contributed by atoms with E-state index in [0.717, 1.165) is 24.0 Å². The third-order valence-corrected chi connectivity index (χ3v) is 2.94. The van der Waals surface area contributed by atoms with Crippen molar-refractivity contribution in [3.8, 4) is 6.07 Å². The number of hydrogen-bond acceptors (Lipinski definition) is 3. The van der Waals surface area contributed by atoms with Gasteiger partial charge in [0.1, 0.15) is 0 Å². The van der Waals surface area contributed by atoms with Crippen molar-refractivity contribution >= 4 is 5.97 Å². The van der Waals surface area contributed by atoms with Gasteiger partial charge < -0.3 is 4.74 Å². The molecule has 0 radical (unpaired) electrons. The van der Waals surface area contributed by atoms with Crippen LogP contribution in [0.3, 0.4) is 0 Å². The number of esters is 1. The minimum Gasteiger partial charge on any atom is -0.466 e. The molecule has 0 aliphatic carbocycles. The van der Waals surface area contributed by atoms with Gasteiger partial charge in [-0.3, -0.25) is 4.79 Å². The molecule has 0 spiro atoms. The summed E-state index contributed by atoms with van der Waals surface area (Å²) in [6, 6.07) is 5.86. The maximum Gasteiger partial charge on any atom is 0.310 e. The molecule has 0 heterocycles. The second kappa shape index (κ2) is 6.80. The van der Waals surface area contributed by atoms with Gasteiger partial charge in [-0.2, -0.15) is 5.26 Å². The molecular weight excluding hydrogens is 226 g/mol. The highest BCUT2D eigenvalue weighted by atomic mass is 16.5. The summed E-state index contributed by atoms with van der Waals surface area (Å²) in [6.45, 7) is 6.31. The van der Waals surface area contributed by atoms with Crippen LogP contribution >= 0.6 is 0 Å². The molecular formula is C15H19NO2. The van der Waals surface area contributed by atoms with Crippen LogP contribution in [0.1, 0.15) is 43.0 Å². The van der Waals surface area contributed by atoms with E-state index in [1.165, 1.54) is 5.56 Å². The number of ether oxygens (including phenoxy) is 1. The summed E-state index contributed by atoms with van der Waals surface area (Å²) in [7, 11) is 0. The molecule has 0 amide bonds. The molecule has 3 nitrogen and oxygen atoms in total. The van der Waals surface area contributed by atoms with E-state index < -0.39 is 0 Å². The fourth-order valence-corrected chi connectivity index (χ4v) is 2.16. The lowest BCUT2D eigenvalue weighted by molar-refractivity contribution is -0.142. The number of aryl methyl sites for hydroxylation is 1. The van der Waals surface area contributed by atoms with Gasteiger partial charge in [-0.1, -0.05) is 13.8 Å². The first-order valence-electron chi connectivity index (χ1n) is 6.36. The topological polar surface area (TPSA) is 50.1 Å². The third kappa shape index (κ3) is 3.33. The van der Waals surface area contributed by atoms with Gasteiger partial charge in [-0.15, -0.1) is 0 Å². The lowest BCUT2D eigenvalue weighted by atomic mass is 9.93. The first-order chi connectivity index (χ1) is 8.65. The Labute approximate surface area is 108 Å². The number of benzene rings is 1. The fraction of sp³-hybridized carbons (Fsp3) is 0.467. The van der Waals surface area contributed by atoms with E-state index >= 15 is 0 Å². The Morgan fingerprint density at radius 3 is 2.39 bits per heavy atom. The normalized spacial score (nSPS) is 9.89. The Morgan fingerprint density at radius 2 is 1.89 bits per heavy atom. The molecule has 0 fully saturated rings. The molecule has 0 unspecified atom stereocenters. The summed E-state index contributed by atoms with van der Waals surface area (Å²) < 4.78 is 4.97. The molecule has 0 atom stereocenters. The van der Waals surface area contributed by atoms with Gasteiger partial charge in [0.05, 0.1) is 24.7 Å². The molecule has 0 N–H and O–H groups in total. The zero-order chi connectivity index (χ0) is 13.5. The van der Waals surface area contributed by atoms with E-state index in [-0.39, 0.29) is 12.4 Å². The predicted molar refractivity (Wildman–Crippen MR) is 70.3 cm³/mol. The molecule has 18 heavy (non-hydrogen) atoms. The zero-order valence-electron chi connectivity index (χ0n) is 11.2. The molecule has 3 heteroatoms. The zero-order valence-corrected chi connectivity index (χ0v) is 11.2. The van der Waals surface area contributed by atoms with Crippen molar-refractivity contribution in [2.24, 2.45) is 0 Å². The van der Waals surface area contributed by atoms with Gasteiger partial charge in [0.2, 0.25) is 0 Å². The third-order valence-electron chi connectivity index (χ3n) is 2.94.